The van der Waals surface area contributed by atoms with Crippen molar-refractivity contribution in [1.29, 1.82) is 0 Å². The molecule has 3 aromatic carbocycles. The number of carbonyl (C=O) groups excluding carboxylic acids is 1. The quantitative estimate of drug-likeness (QED) is 0.336. The number of amides is 1. The first-order chi connectivity index (χ1) is 17.1. The third-order valence-electron chi connectivity index (χ3n) is 7.21. The van der Waals surface area contributed by atoms with Gasteiger partial charge in [-0.25, -0.2) is 9.56 Å². The molecule has 2 atom stereocenters. The molecule has 7 heteroatoms. The molecule has 0 saturated carbocycles. The monoisotopic (exact) mass is 460 g/mol. The topological polar surface area (TPSA) is 88.0 Å². The lowest BCUT2D eigenvalue weighted by atomic mass is 9.85. The molecule has 0 spiro atoms. The van der Waals surface area contributed by atoms with Gasteiger partial charge in [-0.3, -0.25) is 9.69 Å². The molecular formula is C28H22N5O2+. The number of aromatic amines is 2. The fourth-order valence-corrected chi connectivity index (χ4v) is 5.64. The van der Waals surface area contributed by atoms with Gasteiger partial charge in [-0.05, 0) is 24.3 Å². The van der Waals surface area contributed by atoms with E-state index in [0.29, 0.717) is 11.3 Å². The van der Waals surface area contributed by atoms with E-state index >= 15 is 0 Å². The minimum Gasteiger partial charge on any atom is -0.503 e. The predicted octanol–water partition coefficient (Wildman–Crippen LogP) is 4.87. The molecule has 35 heavy (non-hydrogen) atoms. The number of imidazole rings is 1. The van der Waals surface area contributed by atoms with Gasteiger partial charge < -0.3 is 15.1 Å². The van der Waals surface area contributed by atoms with E-state index in [1.807, 2.05) is 67.8 Å². The van der Waals surface area contributed by atoms with E-state index in [4.69, 9.17) is 0 Å². The van der Waals surface area contributed by atoms with Gasteiger partial charge in [0.2, 0.25) is 5.69 Å². The van der Waals surface area contributed by atoms with Crippen molar-refractivity contribution in [2.45, 2.75) is 12.0 Å². The number of aromatic nitrogens is 3. The molecule has 5 aromatic rings. The number of anilines is 1. The summed E-state index contributed by atoms with van der Waals surface area (Å²) in [4.78, 5) is 26.2. The van der Waals surface area contributed by atoms with Crippen LogP contribution < -0.4 is 4.90 Å². The maximum atomic E-state index is 13.7. The van der Waals surface area contributed by atoms with Crippen LogP contribution in [0.1, 0.15) is 17.0 Å². The van der Waals surface area contributed by atoms with Gasteiger partial charge >= 0.3 is 0 Å². The maximum Gasteiger partial charge on any atom is 0.294 e. The van der Waals surface area contributed by atoms with E-state index < -0.39 is 11.9 Å². The van der Waals surface area contributed by atoms with Crippen LogP contribution in [0.5, 0.6) is 0 Å². The Balaban J connectivity index is 1.47. The van der Waals surface area contributed by atoms with E-state index in [-0.39, 0.29) is 11.7 Å². The lowest BCUT2D eigenvalue weighted by molar-refractivity contribution is -0.396. The summed E-state index contributed by atoms with van der Waals surface area (Å²) in [5, 5.41) is 12.3. The number of fused-ring (bicyclic) bond motifs is 3. The van der Waals surface area contributed by atoms with Crippen molar-refractivity contribution < 1.29 is 14.5 Å². The van der Waals surface area contributed by atoms with Crippen LogP contribution in [-0.2, 0) is 4.79 Å². The largest absolute Gasteiger partial charge is 0.503 e. The van der Waals surface area contributed by atoms with Crippen molar-refractivity contribution in [2.24, 2.45) is 0 Å². The molecule has 0 radical (unpaired) electrons. The number of carbonyl (C=O) groups is 1. The van der Waals surface area contributed by atoms with Gasteiger partial charge in [-0.1, -0.05) is 36.4 Å². The molecule has 7 nitrogen and oxygen atoms in total. The van der Waals surface area contributed by atoms with Crippen molar-refractivity contribution in [2.75, 3.05) is 11.9 Å². The van der Waals surface area contributed by atoms with Gasteiger partial charge in [0.25, 0.3) is 5.91 Å². The van der Waals surface area contributed by atoms with E-state index in [2.05, 4.69) is 37.9 Å². The smallest absolute Gasteiger partial charge is 0.294 e. The molecule has 7 rings (SSSR count). The molecule has 0 bridgehead atoms. The standard InChI is InChI=1S/C28H21N5O2/c1-32-14-20(18-7-3-5-9-24(18)32)26-25(19-13-29-21-8-4-2-6-17(19)21)27(34)28(35)33(26)16-10-11-22-23(12-16)31-15-30-22/h2-15,20,26H,1H3,(H2-,29,30,31,34,35)/p+1. The van der Waals surface area contributed by atoms with E-state index in [1.54, 1.807) is 11.2 Å². The maximum absolute atomic E-state index is 13.7. The van der Waals surface area contributed by atoms with Gasteiger partial charge in [0.15, 0.2) is 12.0 Å². The highest BCUT2D eigenvalue weighted by Crippen LogP contribution is 2.47. The molecule has 4 heterocycles. The minimum atomic E-state index is -0.437. The van der Waals surface area contributed by atoms with Gasteiger partial charge in [0.1, 0.15) is 7.05 Å². The second-order valence-corrected chi connectivity index (χ2v) is 9.08. The summed E-state index contributed by atoms with van der Waals surface area (Å²) in [6, 6.07) is 21.4. The molecule has 0 saturated heterocycles. The van der Waals surface area contributed by atoms with Crippen LogP contribution in [0, 0.1) is 0 Å². The number of H-pyrrole nitrogens is 2. The lowest BCUT2D eigenvalue weighted by Gasteiger charge is -2.29. The Labute approximate surface area is 200 Å². The minimum absolute atomic E-state index is 0.147. The summed E-state index contributed by atoms with van der Waals surface area (Å²) >= 11 is 0. The molecule has 3 N–H and O–H groups in total. The highest BCUT2D eigenvalue weighted by molar-refractivity contribution is 6.18. The average Bonchev–Trinajstić information content (AvgIpc) is 3.64. The van der Waals surface area contributed by atoms with Crippen LogP contribution >= 0.6 is 0 Å². The van der Waals surface area contributed by atoms with Gasteiger partial charge in [0.05, 0.1) is 29.3 Å². The number of benzene rings is 3. The molecule has 0 aliphatic carbocycles. The third kappa shape index (κ3) is 2.75. The van der Waals surface area contributed by atoms with Crippen molar-refractivity contribution in [3.05, 3.63) is 96.1 Å². The number of rotatable bonds is 3. The Hall–Kier alpha value is -4.65. The Kier molecular flexibility index (Phi) is 4.05. The zero-order valence-electron chi connectivity index (χ0n) is 18.9. The van der Waals surface area contributed by atoms with Crippen LogP contribution in [0.4, 0.5) is 11.4 Å². The Morgan fingerprint density at radius 2 is 1.83 bits per heavy atom. The van der Waals surface area contributed by atoms with Gasteiger partial charge in [0, 0.05) is 45.6 Å². The van der Waals surface area contributed by atoms with Gasteiger partial charge in [-0.15, -0.1) is 0 Å². The Morgan fingerprint density at radius 1 is 1.00 bits per heavy atom. The molecule has 1 amide bonds. The second-order valence-electron chi connectivity index (χ2n) is 9.08. The van der Waals surface area contributed by atoms with Crippen molar-refractivity contribution in [3.8, 4) is 0 Å². The van der Waals surface area contributed by atoms with Crippen LogP contribution in [0.25, 0.3) is 27.5 Å². The molecule has 0 fully saturated rings. The number of hydrogen-bond acceptors (Lipinski definition) is 3. The first-order valence-electron chi connectivity index (χ1n) is 11.5. The average molecular weight is 461 g/mol. The van der Waals surface area contributed by atoms with Crippen molar-refractivity contribution in [3.63, 3.8) is 0 Å². The normalized spacial score (nSPS) is 19.7. The van der Waals surface area contributed by atoms with Crippen LogP contribution in [-0.4, -0.2) is 49.8 Å². The number of aliphatic hydroxyl groups is 1. The van der Waals surface area contributed by atoms with E-state index in [1.165, 1.54) is 0 Å². The first kappa shape index (κ1) is 19.8. The second kappa shape index (κ2) is 7.17. The van der Waals surface area contributed by atoms with Crippen molar-refractivity contribution >= 4 is 51.0 Å². The third-order valence-corrected chi connectivity index (χ3v) is 7.21. The van der Waals surface area contributed by atoms with Gasteiger partial charge in [-0.2, -0.15) is 0 Å². The summed E-state index contributed by atoms with van der Waals surface area (Å²) in [6.45, 7) is 0. The summed E-state index contributed by atoms with van der Waals surface area (Å²) in [5.74, 6) is -0.773. The van der Waals surface area contributed by atoms with Crippen molar-refractivity contribution in [1.82, 2.24) is 15.0 Å². The number of nitrogens with one attached hydrogen (secondary N) is 2. The summed E-state index contributed by atoms with van der Waals surface area (Å²) in [7, 11) is 2.02. The predicted molar refractivity (Wildman–Crippen MR) is 136 cm³/mol. The Morgan fingerprint density at radius 3 is 2.74 bits per heavy atom. The fraction of sp³-hybridized carbons (Fsp3) is 0.107. The SMILES string of the molecule is C[N+]1=CC(C2C(c3c[nH]c4ccccc34)=C(O)C(=O)N2c2ccc3nc[nH]c3c2)c2ccccc21. The Bertz CT molecular complexity index is 1720. The molecule has 2 aliphatic heterocycles. The molecule has 2 aromatic heterocycles. The zero-order valence-corrected chi connectivity index (χ0v) is 18.9. The van der Waals surface area contributed by atoms with Crippen LogP contribution in [0.3, 0.4) is 0 Å². The summed E-state index contributed by atoms with van der Waals surface area (Å²) < 4.78 is 2.10. The molecular weight excluding hydrogens is 438 g/mol. The number of nitrogens with zero attached hydrogens (tertiary/aromatic N) is 3. The first-order valence-corrected chi connectivity index (χ1v) is 11.5. The molecule has 170 valence electrons. The lowest BCUT2D eigenvalue weighted by Crippen LogP contribution is -2.40. The summed E-state index contributed by atoms with van der Waals surface area (Å²) in [6.07, 6.45) is 5.67. The van der Waals surface area contributed by atoms with E-state index in [9.17, 15) is 9.90 Å². The summed E-state index contributed by atoms with van der Waals surface area (Å²) in [5.41, 5.74) is 7.00. The molecule has 2 unspecified atom stereocenters. The number of aliphatic hydroxyl groups excluding tert-OH is 1. The number of para-hydroxylation sites is 2. The van der Waals surface area contributed by atoms with Crippen LogP contribution in [0.2, 0.25) is 0 Å². The highest BCUT2D eigenvalue weighted by atomic mass is 16.3. The highest BCUT2D eigenvalue weighted by Gasteiger charge is 2.49. The van der Waals surface area contributed by atoms with Crippen LogP contribution in [0.15, 0.2) is 85.0 Å². The molecule has 2 aliphatic rings. The number of hydrogen-bond donors (Lipinski definition) is 3. The fourth-order valence-electron chi connectivity index (χ4n) is 5.64. The van der Waals surface area contributed by atoms with E-state index in [0.717, 1.165) is 38.8 Å². The zero-order chi connectivity index (χ0) is 23.7.